The second-order valence-electron chi connectivity index (χ2n) is 5.37. The van der Waals surface area contributed by atoms with E-state index in [1.807, 2.05) is 54.6 Å². The Hall–Kier alpha value is -4.82. The molecule has 0 bridgehead atoms. The van der Waals surface area contributed by atoms with Crippen molar-refractivity contribution in [3.63, 3.8) is 0 Å². The third kappa shape index (κ3) is 17.3. The van der Waals surface area contributed by atoms with E-state index in [1.165, 1.54) is 29.9 Å². The van der Waals surface area contributed by atoms with Crippen molar-refractivity contribution in [2.45, 2.75) is 6.92 Å². The maximum atomic E-state index is 9.68. The minimum atomic E-state index is -0.160. The number of aryl methyl sites for hydroxylation is 1. The van der Waals surface area contributed by atoms with Gasteiger partial charge in [-0.15, -0.1) is 0 Å². The van der Waals surface area contributed by atoms with E-state index in [-0.39, 0.29) is 6.67 Å². The lowest BCUT2D eigenvalue weighted by atomic mass is 10.2. The van der Waals surface area contributed by atoms with Crippen molar-refractivity contribution in [1.82, 2.24) is 0 Å². The van der Waals surface area contributed by atoms with E-state index < -0.39 is 0 Å². The van der Waals surface area contributed by atoms with Gasteiger partial charge in [0.15, 0.2) is 6.67 Å². The zero-order valence-corrected chi connectivity index (χ0v) is 17.3. The Morgan fingerprint density at radius 3 is 1.12 bits per heavy atom. The average molecular weight is 428 g/mol. The van der Waals surface area contributed by atoms with Gasteiger partial charge in [-0.1, -0.05) is 72.3 Å². The number of nitrogens with zero attached hydrogens (tertiary/aromatic N) is 4. The zero-order valence-electron chi connectivity index (χ0n) is 17.3. The molecule has 0 saturated heterocycles. The smallest absolute Gasteiger partial charge is 0.211 e. The molecule has 3 aromatic rings. The highest BCUT2D eigenvalue weighted by Gasteiger charge is 1.80. The molecule has 3 aromatic carbocycles. The van der Waals surface area contributed by atoms with E-state index in [1.54, 1.807) is 24.3 Å². The Labute approximate surface area is 185 Å². The van der Waals surface area contributed by atoms with Crippen LogP contribution in [0.5, 0.6) is 0 Å². The van der Waals surface area contributed by atoms with Gasteiger partial charge >= 0.3 is 0 Å². The molecule has 0 radical (unpaired) electrons. The third-order valence-electron chi connectivity index (χ3n) is 3.07. The summed E-state index contributed by atoms with van der Waals surface area (Å²) in [6.07, 6.45) is 5.33. The Morgan fingerprint density at radius 1 is 0.531 bits per heavy atom. The number of benzene rings is 3. The van der Waals surface area contributed by atoms with Crippen LogP contribution in [0.2, 0.25) is 0 Å². The van der Waals surface area contributed by atoms with Crippen molar-refractivity contribution in [3.05, 3.63) is 96.6 Å². The Balaban J connectivity index is 0.000000404. The molecule has 0 amide bonds. The van der Waals surface area contributed by atoms with Crippen LogP contribution in [-0.4, -0.2) is 31.0 Å². The first-order valence-corrected chi connectivity index (χ1v) is 9.02. The van der Waals surface area contributed by atoms with Crippen LogP contribution < -0.4 is 0 Å². The van der Waals surface area contributed by atoms with Gasteiger partial charge in [-0.3, -0.25) is 0 Å². The van der Waals surface area contributed by atoms with Crippen molar-refractivity contribution >= 4 is 35.7 Å². The molecule has 160 valence electrons. The number of rotatable bonds is 4. The van der Waals surface area contributed by atoms with Crippen LogP contribution in [0.3, 0.4) is 0 Å². The fraction of sp³-hybridized carbons (Fsp3) is 0.0833. The molecule has 8 nitrogen and oxygen atoms in total. The van der Waals surface area contributed by atoms with E-state index in [4.69, 9.17) is 0 Å². The van der Waals surface area contributed by atoms with Gasteiger partial charge in [0.25, 0.3) is 0 Å². The fourth-order valence-corrected chi connectivity index (χ4v) is 1.74. The van der Waals surface area contributed by atoms with Crippen LogP contribution >= 0.6 is 0 Å². The molecule has 0 aliphatic heterocycles. The number of aliphatic imine (C=N–C) groups is 4. The van der Waals surface area contributed by atoms with Gasteiger partial charge in [0.05, 0.1) is 11.4 Å². The summed E-state index contributed by atoms with van der Waals surface area (Å²) in [6, 6.07) is 28.2. The summed E-state index contributed by atoms with van der Waals surface area (Å²) >= 11 is 0. The maximum Gasteiger partial charge on any atom is 0.240 e. The standard InChI is InChI=1S/2C7H5NO.C7H8.C3H2N2O2/c2*9-6-8-7-4-2-1-3-5-7;1-7-5-3-2-4-6-7;6-2-4-1-5-3-7/h2*1-5H;2-6H,1H3;1H2. The van der Waals surface area contributed by atoms with Crippen LogP contribution in [-0.2, 0) is 19.2 Å². The lowest BCUT2D eigenvalue weighted by molar-refractivity contribution is 0.560. The molecule has 0 aliphatic rings. The molecular formula is C24H20N4O4. The predicted octanol–water partition coefficient (Wildman–Crippen LogP) is 4.92. The van der Waals surface area contributed by atoms with Crippen LogP contribution in [0, 0.1) is 6.92 Å². The molecule has 0 heterocycles. The quantitative estimate of drug-likeness (QED) is 0.433. The number of hydrogen-bond acceptors (Lipinski definition) is 8. The molecule has 0 atom stereocenters. The molecule has 0 fully saturated rings. The first kappa shape index (κ1) is 27.2. The minimum Gasteiger partial charge on any atom is -0.211 e. The summed E-state index contributed by atoms with van der Waals surface area (Å²) in [4.78, 5) is 50.4. The topological polar surface area (TPSA) is 118 Å². The molecular weight excluding hydrogens is 408 g/mol. The Kier molecular flexibility index (Phi) is 17.8. The summed E-state index contributed by atoms with van der Waals surface area (Å²) in [5, 5.41) is 0. The number of hydrogen-bond donors (Lipinski definition) is 0. The Bertz CT molecular complexity index is 995. The Morgan fingerprint density at radius 2 is 0.875 bits per heavy atom. The van der Waals surface area contributed by atoms with E-state index in [0.717, 1.165) is 0 Å². The van der Waals surface area contributed by atoms with Gasteiger partial charge < -0.3 is 0 Å². The highest BCUT2D eigenvalue weighted by atomic mass is 16.1. The number of carbonyl (C=O) groups excluding carboxylic acids is 4. The SMILES string of the molecule is Cc1ccccc1.O=C=NCN=C=O.O=C=Nc1ccccc1.O=C=Nc1ccccc1. The second-order valence-corrected chi connectivity index (χ2v) is 5.37. The summed E-state index contributed by atoms with van der Waals surface area (Å²) in [5.74, 6) is 0. The van der Waals surface area contributed by atoms with Gasteiger partial charge in [0.2, 0.25) is 24.3 Å². The van der Waals surface area contributed by atoms with Crippen molar-refractivity contribution in [2.24, 2.45) is 20.0 Å². The summed E-state index contributed by atoms with van der Waals surface area (Å²) in [6.45, 7) is 1.92. The third-order valence-corrected chi connectivity index (χ3v) is 3.07. The minimum absolute atomic E-state index is 0.160. The fourth-order valence-electron chi connectivity index (χ4n) is 1.74. The summed E-state index contributed by atoms with van der Waals surface area (Å²) in [7, 11) is 0. The van der Waals surface area contributed by atoms with Crippen molar-refractivity contribution in [2.75, 3.05) is 6.67 Å². The predicted molar refractivity (Wildman–Crippen MR) is 121 cm³/mol. The van der Waals surface area contributed by atoms with Crippen LogP contribution in [0.15, 0.2) is 111 Å². The monoisotopic (exact) mass is 428 g/mol. The van der Waals surface area contributed by atoms with Crippen LogP contribution in [0.1, 0.15) is 5.56 Å². The van der Waals surface area contributed by atoms with Gasteiger partial charge in [0.1, 0.15) is 0 Å². The molecule has 0 saturated carbocycles. The van der Waals surface area contributed by atoms with Gasteiger partial charge in [-0.2, -0.15) is 20.0 Å². The maximum absolute atomic E-state index is 9.68. The van der Waals surface area contributed by atoms with Gasteiger partial charge in [0, 0.05) is 0 Å². The number of isocyanates is 4. The largest absolute Gasteiger partial charge is 0.240 e. The van der Waals surface area contributed by atoms with E-state index in [0.29, 0.717) is 11.4 Å². The lowest BCUT2D eigenvalue weighted by Crippen LogP contribution is -1.66. The average Bonchev–Trinajstić information content (AvgIpc) is 2.83. The highest BCUT2D eigenvalue weighted by molar-refractivity contribution is 5.48. The van der Waals surface area contributed by atoms with Crippen molar-refractivity contribution in [3.8, 4) is 0 Å². The van der Waals surface area contributed by atoms with Crippen molar-refractivity contribution < 1.29 is 19.2 Å². The molecule has 32 heavy (non-hydrogen) atoms. The zero-order chi connectivity index (χ0) is 23.7. The normalized spacial score (nSPS) is 7.66. The molecule has 0 unspecified atom stereocenters. The van der Waals surface area contributed by atoms with Gasteiger partial charge in [-0.25, -0.2) is 19.2 Å². The van der Waals surface area contributed by atoms with E-state index >= 15 is 0 Å². The van der Waals surface area contributed by atoms with Crippen molar-refractivity contribution in [1.29, 1.82) is 0 Å². The molecule has 0 aromatic heterocycles. The summed E-state index contributed by atoms with van der Waals surface area (Å²) in [5.41, 5.74) is 2.61. The molecule has 0 aliphatic carbocycles. The van der Waals surface area contributed by atoms with Gasteiger partial charge in [-0.05, 0) is 31.2 Å². The first-order valence-electron chi connectivity index (χ1n) is 9.02. The second kappa shape index (κ2) is 20.9. The van der Waals surface area contributed by atoms with Crippen LogP contribution in [0.25, 0.3) is 0 Å². The van der Waals surface area contributed by atoms with Crippen LogP contribution in [0.4, 0.5) is 11.4 Å². The lowest BCUT2D eigenvalue weighted by Gasteiger charge is -1.83. The summed E-state index contributed by atoms with van der Waals surface area (Å²) < 4.78 is 0. The highest BCUT2D eigenvalue weighted by Crippen LogP contribution is 2.07. The van der Waals surface area contributed by atoms with E-state index in [2.05, 4.69) is 39.0 Å². The molecule has 8 heteroatoms. The molecule has 0 N–H and O–H groups in total. The molecule has 0 spiro atoms. The molecule has 3 rings (SSSR count). The first-order chi connectivity index (χ1) is 15.7. The van der Waals surface area contributed by atoms with E-state index in [9.17, 15) is 19.2 Å². The number of para-hydroxylation sites is 2.